The average Bonchev–Trinajstić information content (AvgIpc) is 2.36. The zero-order chi connectivity index (χ0) is 14.9. The summed E-state index contributed by atoms with van der Waals surface area (Å²) in [4.78, 5) is 1.39. The monoisotopic (exact) mass is 323 g/mol. The maximum absolute atomic E-state index is 12.7. The number of nitrogens with zero attached hydrogens (tertiary/aromatic N) is 1. The van der Waals surface area contributed by atoms with Crippen molar-refractivity contribution in [3.8, 4) is 0 Å². The zero-order valence-electron chi connectivity index (χ0n) is 11.0. The summed E-state index contributed by atoms with van der Waals surface area (Å²) in [5.74, 6) is -3.03. The standard InChI is InChI=1S/C13H16ClF2NO2S/c1-17(8-9-6-10(14)7-9)11-4-2-3-5-12(11)20(18,19)13(15)16/h2-5,9-10,13H,6-8H2,1H3. The molecule has 0 atom stereocenters. The number of para-hydroxylation sites is 1. The first-order valence-electron chi connectivity index (χ1n) is 6.28. The van der Waals surface area contributed by atoms with Crippen LogP contribution in [0.5, 0.6) is 0 Å². The van der Waals surface area contributed by atoms with E-state index in [9.17, 15) is 17.2 Å². The molecule has 1 fully saturated rings. The summed E-state index contributed by atoms with van der Waals surface area (Å²) in [5.41, 5.74) is 0.311. The number of alkyl halides is 3. The molecule has 2 rings (SSSR count). The normalized spacial score (nSPS) is 22.6. The molecule has 1 aliphatic rings. The van der Waals surface area contributed by atoms with E-state index in [1.165, 1.54) is 12.1 Å². The Bertz CT molecular complexity index is 573. The smallest absolute Gasteiger partial charge is 0.341 e. The van der Waals surface area contributed by atoms with Crippen molar-refractivity contribution < 1.29 is 17.2 Å². The van der Waals surface area contributed by atoms with Gasteiger partial charge in [0.15, 0.2) is 0 Å². The van der Waals surface area contributed by atoms with Crippen molar-refractivity contribution in [1.29, 1.82) is 0 Å². The fraction of sp³-hybridized carbons (Fsp3) is 0.538. The minimum atomic E-state index is -4.59. The number of benzene rings is 1. The van der Waals surface area contributed by atoms with Gasteiger partial charge in [0, 0.05) is 19.0 Å². The van der Waals surface area contributed by atoms with Crippen molar-refractivity contribution in [3.05, 3.63) is 24.3 Å². The zero-order valence-corrected chi connectivity index (χ0v) is 12.5. The van der Waals surface area contributed by atoms with Gasteiger partial charge < -0.3 is 4.90 Å². The van der Waals surface area contributed by atoms with Gasteiger partial charge in [0.1, 0.15) is 0 Å². The highest BCUT2D eigenvalue weighted by Gasteiger charge is 2.32. The van der Waals surface area contributed by atoms with Crippen LogP contribution in [0.15, 0.2) is 29.2 Å². The molecule has 0 amide bonds. The Morgan fingerprint density at radius 3 is 2.50 bits per heavy atom. The third-order valence-electron chi connectivity index (χ3n) is 3.53. The first-order valence-corrected chi connectivity index (χ1v) is 8.27. The van der Waals surface area contributed by atoms with Gasteiger partial charge in [-0.15, -0.1) is 11.6 Å². The van der Waals surface area contributed by atoms with Gasteiger partial charge >= 0.3 is 5.76 Å². The molecule has 0 aliphatic heterocycles. The summed E-state index contributed by atoms with van der Waals surface area (Å²) in [6, 6.07) is 5.86. The first-order chi connectivity index (χ1) is 9.32. The predicted molar refractivity (Wildman–Crippen MR) is 75.3 cm³/mol. The van der Waals surface area contributed by atoms with E-state index in [0.29, 0.717) is 18.2 Å². The Kier molecular flexibility index (Phi) is 4.54. The molecule has 1 aromatic carbocycles. The van der Waals surface area contributed by atoms with Crippen LogP contribution in [0.3, 0.4) is 0 Å². The molecule has 0 bridgehead atoms. The Balaban J connectivity index is 2.23. The second kappa shape index (κ2) is 5.85. The number of hydrogen-bond donors (Lipinski definition) is 0. The van der Waals surface area contributed by atoms with Crippen molar-refractivity contribution in [1.82, 2.24) is 0 Å². The van der Waals surface area contributed by atoms with Crippen molar-refractivity contribution in [3.63, 3.8) is 0 Å². The average molecular weight is 324 g/mol. The fourth-order valence-corrected chi connectivity index (χ4v) is 3.88. The summed E-state index contributed by atoms with van der Waals surface area (Å²) in [6.45, 7) is 0.610. The summed E-state index contributed by atoms with van der Waals surface area (Å²) in [7, 11) is -2.88. The van der Waals surface area contributed by atoms with Gasteiger partial charge in [0.25, 0.3) is 0 Å². The Hall–Kier alpha value is -0.880. The van der Waals surface area contributed by atoms with E-state index in [1.807, 2.05) is 0 Å². The molecule has 0 heterocycles. The van der Waals surface area contributed by atoms with E-state index in [-0.39, 0.29) is 10.3 Å². The summed E-state index contributed by atoms with van der Waals surface area (Å²) >= 11 is 5.91. The topological polar surface area (TPSA) is 37.4 Å². The predicted octanol–water partition coefficient (Wildman–Crippen LogP) is 3.14. The van der Waals surface area contributed by atoms with Crippen molar-refractivity contribution in [2.75, 3.05) is 18.5 Å². The van der Waals surface area contributed by atoms with Crippen molar-refractivity contribution in [2.45, 2.75) is 28.9 Å². The van der Waals surface area contributed by atoms with Gasteiger partial charge in [-0.1, -0.05) is 12.1 Å². The fourth-order valence-electron chi connectivity index (χ4n) is 2.40. The van der Waals surface area contributed by atoms with Gasteiger partial charge in [0.05, 0.1) is 10.6 Å². The quantitative estimate of drug-likeness (QED) is 0.781. The molecule has 3 nitrogen and oxygen atoms in total. The number of hydrogen-bond acceptors (Lipinski definition) is 3. The molecule has 0 radical (unpaired) electrons. The van der Waals surface area contributed by atoms with Crippen LogP contribution in [-0.4, -0.2) is 33.1 Å². The molecule has 1 aromatic rings. The third-order valence-corrected chi connectivity index (χ3v) is 5.31. The van der Waals surface area contributed by atoms with Crippen LogP contribution in [-0.2, 0) is 9.84 Å². The molecule has 0 unspecified atom stereocenters. The highest BCUT2D eigenvalue weighted by Crippen LogP contribution is 2.35. The summed E-state index contributed by atoms with van der Waals surface area (Å²) in [5, 5.41) is 0.174. The summed E-state index contributed by atoms with van der Waals surface area (Å²) in [6.07, 6.45) is 1.74. The second-order valence-corrected chi connectivity index (χ2v) is 7.59. The van der Waals surface area contributed by atoms with Crippen molar-refractivity contribution >= 4 is 27.1 Å². The van der Waals surface area contributed by atoms with E-state index in [2.05, 4.69) is 0 Å². The minimum absolute atomic E-state index is 0.174. The SMILES string of the molecule is CN(CC1CC(Cl)C1)c1ccccc1S(=O)(=O)C(F)F. The molecule has 7 heteroatoms. The van der Waals surface area contributed by atoms with E-state index < -0.39 is 15.6 Å². The van der Waals surface area contributed by atoms with Gasteiger partial charge in [-0.3, -0.25) is 0 Å². The number of sulfone groups is 1. The van der Waals surface area contributed by atoms with Crippen LogP contribution in [0.1, 0.15) is 12.8 Å². The lowest BCUT2D eigenvalue weighted by Gasteiger charge is -2.35. The van der Waals surface area contributed by atoms with Crippen LogP contribution in [0.25, 0.3) is 0 Å². The Morgan fingerprint density at radius 2 is 1.95 bits per heavy atom. The van der Waals surface area contributed by atoms with E-state index in [0.717, 1.165) is 12.8 Å². The van der Waals surface area contributed by atoms with Crippen LogP contribution >= 0.6 is 11.6 Å². The maximum atomic E-state index is 12.7. The van der Waals surface area contributed by atoms with Gasteiger partial charge in [-0.05, 0) is 30.9 Å². The molecule has 0 saturated heterocycles. The van der Waals surface area contributed by atoms with E-state index in [4.69, 9.17) is 11.6 Å². The molecular weight excluding hydrogens is 308 g/mol. The summed E-state index contributed by atoms with van der Waals surface area (Å²) < 4.78 is 48.8. The van der Waals surface area contributed by atoms with Crippen LogP contribution in [0, 0.1) is 5.92 Å². The third kappa shape index (κ3) is 3.06. The molecule has 0 aromatic heterocycles. The van der Waals surface area contributed by atoms with E-state index >= 15 is 0 Å². The highest BCUT2D eigenvalue weighted by atomic mass is 35.5. The molecule has 0 spiro atoms. The molecular formula is C13H16ClF2NO2S. The lowest BCUT2D eigenvalue weighted by Crippen LogP contribution is -2.35. The maximum Gasteiger partial charge on any atom is 0.341 e. The van der Waals surface area contributed by atoms with E-state index in [1.54, 1.807) is 24.1 Å². The van der Waals surface area contributed by atoms with Gasteiger partial charge in [0.2, 0.25) is 9.84 Å². The number of halogens is 3. The number of rotatable bonds is 5. The highest BCUT2D eigenvalue weighted by molar-refractivity contribution is 7.91. The molecule has 1 saturated carbocycles. The van der Waals surface area contributed by atoms with Crippen LogP contribution < -0.4 is 4.90 Å². The lowest BCUT2D eigenvalue weighted by molar-refractivity contribution is 0.234. The minimum Gasteiger partial charge on any atom is -0.373 e. The largest absolute Gasteiger partial charge is 0.373 e. The second-order valence-electron chi connectivity index (χ2n) is 5.09. The van der Waals surface area contributed by atoms with Gasteiger partial charge in [-0.2, -0.15) is 8.78 Å². The van der Waals surface area contributed by atoms with Crippen LogP contribution in [0.4, 0.5) is 14.5 Å². The van der Waals surface area contributed by atoms with Crippen molar-refractivity contribution in [2.24, 2.45) is 5.92 Å². The number of anilines is 1. The molecule has 112 valence electrons. The van der Waals surface area contributed by atoms with Crippen LogP contribution in [0.2, 0.25) is 0 Å². The molecule has 1 aliphatic carbocycles. The Labute approximate surface area is 122 Å². The molecule has 0 N–H and O–H groups in total. The molecule has 20 heavy (non-hydrogen) atoms. The first kappa shape index (κ1) is 15.5. The Morgan fingerprint density at radius 1 is 1.35 bits per heavy atom. The lowest BCUT2D eigenvalue weighted by atomic mass is 9.84. The van der Waals surface area contributed by atoms with Gasteiger partial charge in [-0.25, -0.2) is 8.42 Å².